The van der Waals surface area contributed by atoms with Gasteiger partial charge < -0.3 is 10.3 Å². The summed E-state index contributed by atoms with van der Waals surface area (Å²) in [5.41, 5.74) is 6.18. The highest BCUT2D eigenvalue weighted by Gasteiger charge is 2.26. The molecule has 1 amide bonds. The van der Waals surface area contributed by atoms with Gasteiger partial charge in [0.1, 0.15) is 0 Å². The molecular formula is C24H27N3O4. The Morgan fingerprint density at radius 3 is 2.10 bits per heavy atom. The van der Waals surface area contributed by atoms with Crippen LogP contribution in [0.3, 0.4) is 0 Å². The summed E-state index contributed by atoms with van der Waals surface area (Å²) in [7, 11) is 0. The highest BCUT2D eigenvalue weighted by molar-refractivity contribution is 6.09. The third-order valence-corrected chi connectivity index (χ3v) is 5.73. The number of nitrogens with zero attached hydrogens (tertiary/aromatic N) is 1. The zero-order valence-electron chi connectivity index (χ0n) is 18.3. The molecule has 3 rings (SSSR count). The van der Waals surface area contributed by atoms with Crippen molar-refractivity contribution >= 4 is 23.5 Å². The Morgan fingerprint density at radius 2 is 1.58 bits per heavy atom. The molecule has 7 heteroatoms. The minimum atomic E-state index is -0.487. The van der Waals surface area contributed by atoms with Crippen molar-refractivity contribution in [2.45, 2.75) is 53.4 Å². The van der Waals surface area contributed by atoms with Gasteiger partial charge in [-0.3, -0.25) is 19.7 Å². The number of aromatic amines is 1. The van der Waals surface area contributed by atoms with Crippen molar-refractivity contribution in [1.82, 2.24) is 10.3 Å². The van der Waals surface area contributed by atoms with Crippen molar-refractivity contribution in [1.29, 1.82) is 0 Å². The number of rotatable bonds is 8. The Labute approximate surface area is 181 Å². The Morgan fingerprint density at radius 1 is 0.968 bits per heavy atom. The van der Waals surface area contributed by atoms with E-state index in [1.165, 1.54) is 24.3 Å². The van der Waals surface area contributed by atoms with E-state index < -0.39 is 4.92 Å². The van der Waals surface area contributed by atoms with Crippen LogP contribution in [0.15, 0.2) is 41.1 Å². The van der Waals surface area contributed by atoms with Crippen molar-refractivity contribution in [3.8, 4) is 0 Å². The molecule has 162 valence electrons. The highest BCUT2D eigenvalue weighted by Crippen LogP contribution is 2.30. The van der Waals surface area contributed by atoms with Crippen LogP contribution >= 0.6 is 0 Å². The van der Waals surface area contributed by atoms with E-state index in [9.17, 15) is 19.7 Å². The number of ketones is 1. The number of hydrogen-bond acceptors (Lipinski definition) is 4. The molecule has 7 nitrogen and oxygen atoms in total. The number of H-pyrrole nitrogens is 1. The van der Waals surface area contributed by atoms with Gasteiger partial charge in [-0.2, -0.15) is 0 Å². The number of carbonyl (C=O) groups is 2. The molecule has 0 atom stereocenters. The van der Waals surface area contributed by atoms with Gasteiger partial charge >= 0.3 is 0 Å². The van der Waals surface area contributed by atoms with Crippen molar-refractivity contribution in [3.05, 3.63) is 79.3 Å². The maximum atomic E-state index is 13.2. The molecule has 0 fully saturated rings. The van der Waals surface area contributed by atoms with E-state index in [0.29, 0.717) is 24.1 Å². The molecule has 2 N–H and O–H groups in total. The third kappa shape index (κ3) is 4.08. The van der Waals surface area contributed by atoms with Crippen LogP contribution in [-0.2, 0) is 17.6 Å². The summed E-state index contributed by atoms with van der Waals surface area (Å²) in [5.74, 6) is -0.268. The van der Waals surface area contributed by atoms with Crippen LogP contribution in [0, 0.1) is 10.1 Å². The predicted molar refractivity (Wildman–Crippen MR) is 120 cm³/mol. The molecule has 0 unspecified atom stereocenters. The number of nitro groups is 1. The predicted octanol–water partition coefficient (Wildman–Crippen LogP) is 4.87. The number of amides is 1. The molecule has 1 aromatic heterocycles. The van der Waals surface area contributed by atoms with Gasteiger partial charge in [0.25, 0.3) is 11.6 Å². The van der Waals surface area contributed by atoms with E-state index in [4.69, 9.17) is 0 Å². The van der Waals surface area contributed by atoms with Gasteiger partial charge in [-0.15, -0.1) is 0 Å². The van der Waals surface area contributed by atoms with Crippen molar-refractivity contribution in [3.63, 3.8) is 0 Å². The first-order valence-corrected chi connectivity index (χ1v) is 10.6. The normalized spacial score (nSPS) is 15.0. The van der Waals surface area contributed by atoms with E-state index >= 15 is 0 Å². The average Bonchev–Trinajstić information content (AvgIpc) is 3.28. The molecule has 2 aromatic rings. The number of allylic oxidation sites excluding steroid dienone is 1. The molecule has 0 spiro atoms. The fourth-order valence-electron chi connectivity index (χ4n) is 4.21. The molecule has 0 aliphatic carbocycles. The van der Waals surface area contributed by atoms with Crippen LogP contribution in [0.25, 0.3) is 6.08 Å². The number of hydrogen-bond donors (Lipinski definition) is 2. The van der Waals surface area contributed by atoms with Gasteiger partial charge in [0, 0.05) is 34.7 Å². The lowest BCUT2D eigenvalue weighted by Crippen LogP contribution is -2.16. The monoisotopic (exact) mass is 421 g/mol. The summed E-state index contributed by atoms with van der Waals surface area (Å²) < 4.78 is 0. The fraction of sp³-hybridized carbons (Fsp3) is 0.333. The first-order chi connectivity index (χ1) is 14.9. The SMILES string of the molecule is CCC1=C(CC)/C(=C\c2[nH]c(C(=O)c3ccc([N+](=O)[O-])cc3)c(CC)c2CC)NC1=O. The van der Waals surface area contributed by atoms with Crippen molar-refractivity contribution in [2.75, 3.05) is 0 Å². The molecule has 0 saturated carbocycles. The van der Waals surface area contributed by atoms with E-state index in [-0.39, 0.29) is 17.4 Å². The number of carbonyl (C=O) groups excluding carboxylic acids is 2. The van der Waals surface area contributed by atoms with E-state index in [0.717, 1.165) is 46.5 Å². The number of non-ortho nitro benzene ring substituents is 1. The molecule has 1 aliphatic rings. The summed E-state index contributed by atoms with van der Waals surface area (Å²) >= 11 is 0. The molecule has 0 radical (unpaired) electrons. The van der Waals surface area contributed by atoms with Gasteiger partial charge in [-0.1, -0.05) is 27.7 Å². The minimum absolute atomic E-state index is 0.0546. The molecular weight excluding hydrogens is 394 g/mol. The summed E-state index contributed by atoms with van der Waals surface area (Å²) in [6.45, 7) is 8.02. The molecule has 0 bridgehead atoms. The first-order valence-electron chi connectivity index (χ1n) is 10.6. The summed E-state index contributed by atoms with van der Waals surface area (Å²) in [4.78, 5) is 39.2. The smallest absolute Gasteiger partial charge is 0.269 e. The number of nitro benzene ring substituents is 1. The van der Waals surface area contributed by atoms with Crippen molar-refractivity contribution in [2.24, 2.45) is 0 Å². The van der Waals surface area contributed by atoms with Crippen molar-refractivity contribution < 1.29 is 14.5 Å². The Balaban J connectivity index is 2.07. The molecule has 2 heterocycles. The van der Waals surface area contributed by atoms with Gasteiger partial charge in [-0.05, 0) is 60.6 Å². The number of aromatic nitrogens is 1. The second kappa shape index (κ2) is 9.12. The number of benzene rings is 1. The molecule has 1 aromatic carbocycles. The van der Waals surface area contributed by atoms with Crippen LogP contribution in [0.4, 0.5) is 5.69 Å². The first kappa shape index (κ1) is 22.2. The van der Waals surface area contributed by atoms with Crippen LogP contribution in [0.1, 0.15) is 73.4 Å². The lowest BCUT2D eigenvalue weighted by atomic mass is 9.98. The number of nitrogens with one attached hydrogen (secondary N) is 2. The zero-order chi connectivity index (χ0) is 22.7. The second-order valence-corrected chi connectivity index (χ2v) is 7.39. The van der Waals surface area contributed by atoms with Gasteiger partial charge in [0.05, 0.1) is 10.6 Å². The second-order valence-electron chi connectivity index (χ2n) is 7.39. The third-order valence-electron chi connectivity index (χ3n) is 5.73. The summed E-state index contributed by atoms with van der Waals surface area (Å²) in [6.07, 6.45) is 4.73. The topological polar surface area (TPSA) is 105 Å². The Bertz CT molecular complexity index is 1100. The van der Waals surface area contributed by atoms with Crippen LogP contribution < -0.4 is 5.32 Å². The average molecular weight is 421 g/mol. The maximum Gasteiger partial charge on any atom is 0.269 e. The van der Waals surface area contributed by atoms with Crippen LogP contribution in [-0.4, -0.2) is 21.6 Å². The van der Waals surface area contributed by atoms with Gasteiger partial charge in [0.2, 0.25) is 5.78 Å². The maximum absolute atomic E-state index is 13.2. The van der Waals surface area contributed by atoms with E-state index in [1.54, 1.807) is 0 Å². The van der Waals surface area contributed by atoms with Crippen LogP contribution in [0.5, 0.6) is 0 Å². The standard InChI is InChI=1S/C24H27N3O4/c1-5-16-18(7-3)22(23(28)14-9-11-15(12-10-14)27(30)31)25-20(16)13-21-17(6-2)19(8-4)24(29)26-21/h9-13,25H,5-8H2,1-4H3,(H,26,29)/b21-13+. The lowest BCUT2D eigenvalue weighted by molar-refractivity contribution is -0.384. The van der Waals surface area contributed by atoms with Gasteiger partial charge in [0.15, 0.2) is 0 Å². The lowest BCUT2D eigenvalue weighted by Gasteiger charge is -2.05. The quantitative estimate of drug-likeness (QED) is 0.360. The summed E-state index contributed by atoms with van der Waals surface area (Å²) in [5, 5.41) is 13.9. The van der Waals surface area contributed by atoms with E-state index in [1.807, 2.05) is 33.8 Å². The highest BCUT2D eigenvalue weighted by atomic mass is 16.6. The Kier molecular flexibility index (Phi) is 6.53. The summed E-state index contributed by atoms with van der Waals surface area (Å²) in [6, 6.07) is 5.63. The largest absolute Gasteiger partial charge is 0.352 e. The molecule has 0 saturated heterocycles. The van der Waals surface area contributed by atoms with E-state index in [2.05, 4.69) is 10.3 Å². The fourth-order valence-corrected chi connectivity index (χ4v) is 4.21. The van der Waals surface area contributed by atoms with Crippen LogP contribution in [0.2, 0.25) is 0 Å². The molecule has 31 heavy (non-hydrogen) atoms. The van der Waals surface area contributed by atoms with Gasteiger partial charge in [-0.25, -0.2) is 0 Å². The Hall–Kier alpha value is -3.48. The molecule has 1 aliphatic heterocycles. The minimum Gasteiger partial charge on any atom is -0.352 e. The zero-order valence-corrected chi connectivity index (χ0v) is 18.3.